The Hall–Kier alpha value is -1.52. The smallest absolute Gasteiger partial charge is 0.0890 e. The first-order chi connectivity index (χ1) is 8.40. The predicted molar refractivity (Wildman–Crippen MR) is 67.7 cm³/mol. The number of methoxy groups -OCH3 is 1. The Kier molecular flexibility index (Phi) is 4.41. The standard InChI is InChI=1S/C13H17N3O/c1-17-8-4-7-14-9-11-10-15-12-5-2-3-6-13(12)16-11/h2-3,5-6,10,14H,4,7-9H2,1H3. The van der Waals surface area contributed by atoms with Gasteiger partial charge in [0.2, 0.25) is 0 Å². The minimum absolute atomic E-state index is 0.752. The fourth-order valence-electron chi connectivity index (χ4n) is 1.64. The summed E-state index contributed by atoms with van der Waals surface area (Å²) in [5.74, 6) is 0. The van der Waals surface area contributed by atoms with Gasteiger partial charge in [-0.3, -0.25) is 4.98 Å². The monoisotopic (exact) mass is 231 g/mol. The van der Waals surface area contributed by atoms with E-state index in [2.05, 4.69) is 15.3 Å². The van der Waals surface area contributed by atoms with Crippen molar-refractivity contribution in [2.24, 2.45) is 0 Å². The molecule has 4 heteroatoms. The summed E-state index contributed by atoms with van der Waals surface area (Å²) < 4.78 is 4.98. The lowest BCUT2D eigenvalue weighted by molar-refractivity contribution is 0.194. The van der Waals surface area contributed by atoms with E-state index in [4.69, 9.17) is 4.74 Å². The van der Waals surface area contributed by atoms with Gasteiger partial charge in [0.1, 0.15) is 0 Å². The first-order valence-electron chi connectivity index (χ1n) is 5.80. The van der Waals surface area contributed by atoms with Gasteiger partial charge in [-0.05, 0) is 25.1 Å². The molecule has 0 radical (unpaired) electrons. The Labute approximate surface area is 101 Å². The van der Waals surface area contributed by atoms with E-state index >= 15 is 0 Å². The number of ether oxygens (including phenoxy) is 1. The molecule has 1 N–H and O–H groups in total. The molecule has 1 aromatic carbocycles. The summed E-state index contributed by atoms with van der Waals surface area (Å²) in [6.45, 7) is 2.47. The molecule has 0 spiro atoms. The summed E-state index contributed by atoms with van der Waals surface area (Å²) in [5.41, 5.74) is 2.86. The van der Waals surface area contributed by atoms with Crippen LogP contribution in [-0.4, -0.2) is 30.2 Å². The molecule has 0 aliphatic carbocycles. The Morgan fingerprint density at radius 3 is 2.88 bits per heavy atom. The van der Waals surface area contributed by atoms with E-state index in [1.54, 1.807) is 7.11 Å². The molecule has 0 atom stereocenters. The number of hydrogen-bond acceptors (Lipinski definition) is 4. The number of benzene rings is 1. The molecule has 1 heterocycles. The molecule has 4 nitrogen and oxygen atoms in total. The van der Waals surface area contributed by atoms with Crippen LogP contribution in [0, 0.1) is 0 Å². The fourth-order valence-corrected chi connectivity index (χ4v) is 1.64. The zero-order valence-corrected chi connectivity index (χ0v) is 10.0. The highest BCUT2D eigenvalue weighted by atomic mass is 16.5. The summed E-state index contributed by atoms with van der Waals surface area (Å²) >= 11 is 0. The minimum atomic E-state index is 0.752. The highest BCUT2D eigenvalue weighted by Gasteiger charge is 1.98. The normalized spacial score (nSPS) is 10.9. The van der Waals surface area contributed by atoms with Crippen LogP contribution in [0.3, 0.4) is 0 Å². The Bertz CT molecular complexity index is 473. The maximum Gasteiger partial charge on any atom is 0.0890 e. The number of para-hydroxylation sites is 2. The van der Waals surface area contributed by atoms with Gasteiger partial charge in [0, 0.05) is 20.3 Å². The quantitative estimate of drug-likeness (QED) is 0.769. The number of aromatic nitrogens is 2. The molecule has 2 aromatic rings. The molecular weight excluding hydrogens is 214 g/mol. The molecule has 0 fully saturated rings. The van der Waals surface area contributed by atoms with Crippen molar-refractivity contribution in [2.45, 2.75) is 13.0 Å². The first kappa shape index (κ1) is 12.0. The van der Waals surface area contributed by atoms with E-state index in [-0.39, 0.29) is 0 Å². The molecule has 0 saturated heterocycles. The first-order valence-corrected chi connectivity index (χ1v) is 5.80. The average Bonchev–Trinajstić information content (AvgIpc) is 2.38. The van der Waals surface area contributed by atoms with Crippen LogP contribution < -0.4 is 5.32 Å². The summed E-state index contributed by atoms with van der Waals surface area (Å²) in [6, 6.07) is 7.90. The second kappa shape index (κ2) is 6.27. The van der Waals surface area contributed by atoms with Gasteiger partial charge < -0.3 is 10.1 Å². The van der Waals surface area contributed by atoms with Crippen molar-refractivity contribution in [2.75, 3.05) is 20.3 Å². The molecule has 90 valence electrons. The molecule has 0 aliphatic heterocycles. The highest BCUT2D eigenvalue weighted by molar-refractivity contribution is 5.73. The van der Waals surface area contributed by atoms with Gasteiger partial charge in [-0.1, -0.05) is 12.1 Å². The van der Waals surface area contributed by atoms with Crippen molar-refractivity contribution < 1.29 is 4.74 Å². The molecule has 17 heavy (non-hydrogen) atoms. The average molecular weight is 231 g/mol. The molecule has 0 aliphatic rings. The Morgan fingerprint density at radius 1 is 1.24 bits per heavy atom. The minimum Gasteiger partial charge on any atom is -0.385 e. The van der Waals surface area contributed by atoms with Gasteiger partial charge in [-0.2, -0.15) is 0 Å². The largest absolute Gasteiger partial charge is 0.385 e. The number of rotatable bonds is 6. The predicted octanol–water partition coefficient (Wildman–Crippen LogP) is 1.76. The molecule has 1 aromatic heterocycles. The van der Waals surface area contributed by atoms with E-state index in [0.717, 1.165) is 42.8 Å². The van der Waals surface area contributed by atoms with E-state index in [1.807, 2.05) is 30.5 Å². The van der Waals surface area contributed by atoms with E-state index in [9.17, 15) is 0 Å². The van der Waals surface area contributed by atoms with Crippen LogP contribution >= 0.6 is 0 Å². The SMILES string of the molecule is COCCCNCc1cnc2ccccc2n1. The van der Waals surface area contributed by atoms with Crippen molar-refractivity contribution in [3.63, 3.8) is 0 Å². The van der Waals surface area contributed by atoms with Crippen LogP contribution in [0.4, 0.5) is 0 Å². The highest BCUT2D eigenvalue weighted by Crippen LogP contribution is 2.07. The zero-order valence-electron chi connectivity index (χ0n) is 10.0. The van der Waals surface area contributed by atoms with Crippen molar-refractivity contribution in [1.82, 2.24) is 15.3 Å². The second-order valence-electron chi connectivity index (χ2n) is 3.87. The van der Waals surface area contributed by atoms with Crippen molar-refractivity contribution >= 4 is 11.0 Å². The third-order valence-corrected chi connectivity index (χ3v) is 2.51. The number of nitrogens with zero attached hydrogens (tertiary/aromatic N) is 2. The third-order valence-electron chi connectivity index (χ3n) is 2.51. The number of fused-ring (bicyclic) bond motifs is 1. The van der Waals surface area contributed by atoms with Crippen molar-refractivity contribution in [3.05, 3.63) is 36.2 Å². The summed E-state index contributed by atoms with van der Waals surface area (Å²) in [5, 5.41) is 3.32. The van der Waals surface area contributed by atoms with Crippen LogP contribution in [0.1, 0.15) is 12.1 Å². The van der Waals surface area contributed by atoms with Crippen LogP contribution in [0.15, 0.2) is 30.5 Å². The maximum absolute atomic E-state index is 4.98. The van der Waals surface area contributed by atoms with Gasteiger partial charge in [0.15, 0.2) is 0 Å². The molecule has 0 bridgehead atoms. The molecule has 0 amide bonds. The fraction of sp³-hybridized carbons (Fsp3) is 0.385. The maximum atomic E-state index is 4.98. The van der Waals surface area contributed by atoms with Gasteiger partial charge in [-0.25, -0.2) is 4.98 Å². The molecular formula is C13H17N3O. The molecule has 2 rings (SSSR count). The second-order valence-corrected chi connectivity index (χ2v) is 3.87. The topological polar surface area (TPSA) is 47.0 Å². The van der Waals surface area contributed by atoms with Gasteiger partial charge in [-0.15, -0.1) is 0 Å². The third kappa shape index (κ3) is 3.47. The lowest BCUT2D eigenvalue weighted by Gasteiger charge is -2.04. The van der Waals surface area contributed by atoms with E-state index in [0.29, 0.717) is 0 Å². The van der Waals surface area contributed by atoms with Crippen molar-refractivity contribution in [3.8, 4) is 0 Å². The van der Waals surface area contributed by atoms with Gasteiger partial charge in [0.05, 0.1) is 22.9 Å². The van der Waals surface area contributed by atoms with Gasteiger partial charge in [0.25, 0.3) is 0 Å². The summed E-state index contributed by atoms with van der Waals surface area (Å²) in [7, 11) is 1.72. The van der Waals surface area contributed by atoms with E-state index < -0.39 is 0 Å². The van der Waals surface area contributed by atoms with Crippen LogP contribution in [-0.2, 0) is 11.3 Å². The van der Waals surface area contributed by atoms with Crippen LogP contribution in [0.25, 0.3) is 11.0 Å². The van der Waals surface area contributed by atoms with Crippen LogP contribution in [0.2, 0.25) is 0 Å². The summed E-state index contributed by atoms with van der Waals surface area (Å²) in [4.78, 5) is 8.91. The number of hydrogen-bond donors (Lipinski definition) is 1. The van der Waals surface area contributed by atoms with Gasteiger partial charge >= 0.3 is 0 Å². The number of nitrogens with one attached hydrogen (secondary N) is 1. The zero-order chi connectivity index (χ0) is 11.9. The summed E-state index contributed by atoms with van der Waals surface area (Å²) in [6.07, 6.45) is 2.84. The lowest BCUT2D eigenvalue weighted by atomic mass is 10.3. The van der Waals surface area contributed by atoms with Crippen LogP contribution in [0.5, 0.6) is 0 Å². The molecule has 0 saturated carbocycles. The lowest BCUT2D eigenvalue weighted by Crippen LogP contribution is -2.17. The Morgan fingerprint density at radius 2 is 2.06 bits per heavy atom. The molecule has 0 unspecified atom stereocenters. The Balaban J connectivity index is 1.90. The van der Waals surface area contributed by atoms with E-state index in [1.165, 1.54) is 0 Å². The van der Waals surface area contributed by atoms with Crippen molar-refractivity contribution in [1.29, 1.82) is 0 Å².